The number of β-amino-alcohol motifs (C(OH)–C–C–N with tert-alkyl or cyclic N) is 1. The summed E-state index contributed by atoms with van der Waals surface area (Å²) in [7, 11) is 5.83. The molecule has 1 unspecified atom stereocenters. The van der Waals surface area contributed by atoms with Crippen LogP contribution in [0.15, 0.2) is 30.4 Å². The van der Waals surface area contributed by atoms with E-state index in [-0.39, 0.29) is 6.61 Å². The predicted molar refractivity (Wildman–Crippen MR) is 110 cm³/mol. The van der Waals surface area contributed by atoms with Crippen molar-refractivity contribution in [2.45, 2.75) is 19.6 Å². The summed E-state index contributed by atoms with van der Waals surface area (Å²) in [4.78, 5) is 6.80. The Morgan fingerprint density at radius 1 is 1.26 bits per heavy atom. The van der Waals surface area contributed by atoms with Gasteiger partial charge in [-0.3, -0.25) is 9.80 Å². The molecule has 0 aromatic heterocycles. The summed E-state index contributed by atoms with van der Waals surface area (Å²) < 4.78 is 11.3. The minimum atomic E-state index is -0.521. The van der Waals surface area contributed by atoms with E-state index in [1.807, 2.05) is 25.1 Å². The molecule has 1 N–H and O–H groups in total. The number of hydrogen-bond acceptors (Lipinski definition) is 6. The van der Waals surface area contributed by atoms with E-state index in [1.165, 1.54) is 0 Å². The number of likely N-dealkylation sites (N-methyl/N-ethyl adjacent to an activating group) is 2. The van der Waals surface area contributed by atoms with Gasteiger partial charge in [0.25, 0.3) is 0 Å². The Bertz CT molecular complexity index is 600. The fraction of sp³-hybridized carbons (Fsp3) is 0.619. The Hall–Kier alpha value is -1.60. The van der Waals surface area contributed by atoms with Gasteiger partial charge in [0.15, 0.2) is 11.5 Å². The van der Waals surface area contributed by atoms with Gasteiger partial charge in [-0.05, 0) is 38.7 Å². The molecule has 0 amide bonds. The molecule has 0 spiro atoms. The first kappa shape index (κ1) is 21.7. The van der Waals surface area contributed by atoms with E-state index in [9.17, 15) is 5.11 Å². The van der Waals surface area contributed by atoms with Crippen LogP contribution in [0.5, 0.6) is 11.5 Å². The molecule has 1 aromatic rings. The SMILES string of the molecule is C=C(C)CN(C)Cc1ccc(OC)c(OCC(O)CN2CCN(C)CC2)c1. The first-order valence-corrected chi connectivity index (χ1v) is 9.59. The quantitative estimate of drug-likeness (QED) is 0.626. The molecule has 1 atom stereocenters. The largest absolute Gasteiger partial charge is 0.493 e. The lowest BCUT2D eigenvalue weighted by Gasteiger charge is -2.33. The number of ether oxygens (including phenoxy) is 2. The van der Waals surface area contributed by atoms with Crippen molar-refractivity contribution >= 4 is 0 Å². The molecular formula is C21H35N3O3. The molecule has 152 valence electrons. The molecule has 1 aliphatic heterocycles. The maximum Gasteiger partial charge on any atom is 0.161 e. The van der Waals surface area contributed by atoms with E-state index in [2.05, 4.69) is 35.4 Å². The van der Waals surface area contributed by atoms with Crippen LogP contribution in [-0.4, -0.2) is 93.0 Å². The van der Waals surface area contributed by atoms with Gasteiger partial charge in [0.2, 0.25) is 0 Å². The van der Waals surface area contributed by atoms with Crippen molar-refractivity contribution in [1.29, 1.82) is 0 Å². The third kappa shape index (κ3) is 7.50. The molecule has 6 heteroatoms. The van der Waals surface area contributed by atoms with Crippen LogP contribution in [0.3, 0.4) is 0 Å². The smallest absolute Gasteiger partial charge is 0.161 e. The van der Waals surface area contributed by atoms with Crippen LogP contribution in [-0.2, 0) is 6.54 Å². The Kier molecular flexibility index (Phi) is 8.57. The minimum Gasteiger partial charge on any atom is -0.493 e. The molecule has 0 saturated carbocycles. The Morgan fingerprint density at radius 2 is 1.96 bits per heavy atom. The summed E-state index contributed by atoms with van der Waals surface area (Å²) in [5.41, 5.74) is 2.28. The molecule has 0 aliphatic carbocycles. The second-order valence-electron chi connectivity index (χ2n) is 7.68. The average molecular weight is 378 g/mol. The van der Waals surface area contributed by atoms with Crippen LogP contribution >= 0.6 is 0 Å². The Morgan fingerprint density at radius 3 is 2.59 bits per heavy atom. The molecular weight excluding hydrogens is 342 g/mol. The number of hydrogen-bond donors (Lipinski definition) is 1. The van der Waals surface area contributed by atoms with Gasteiger partial charge in [-0.1, -0.05) is 18.2 Å². The van der Waals surface area contributed by atoms with Crippen molar-refractivity contribution in [3.8, 4) is 11.5 Å². The molecule has 1 fully saturated rings. The highest BCUT2D eigenvalue weighted by molar-refractivity contribution is 5.43. The summed E-state index contributed by atoms with van der Waals surface area (Å²) in [5, 5.41) is 10.4. The van der Waals surface area contributed by atoms with E-state index >= 15 is 0 Å². The van der Waals surface area contributed by atoms with Gasteiger partial charge in [-0.25, -0.2) is 0 Å². The summed E-state index contributed by atoms with van der Waals surface area (Å²) in [6.45, 7) is 12.6. The molecule has 6 nitrogen and oxygen atoms in total. The summed E-state index contributed by atoms with van der Waals surface area (Å²) >= 11 is 0. The number of aliphatic hydroxyl groups is 1. The van der Waals surface area contributed by atoms with Crippen LogP contribution < -0.4 is 9.47 Å². The average Bonchev–Trinajstić information content (AvgIpc) is 2.61. The van der Waals surface area contributed by atoms with E-state index < -0.39 is 6.10 Å². The highest BCUT2D eigenvalue weighted by Crippen LogP contribution is 2.28. The zero-order chi connectivity index (χ0) is 19.8. The lowest BCUT2D eigenvalue weighted by Crippen LogP contribution is -2.47. The van der Waals surface area contributed by atoms with Gasteiger partial charge in [-0.15, -0.1) is 0 Å². The van der Waals surface area contributed by atoms with E-state index in [4.69, 9.17) is 9.47 Å². The van der Waals surface area contributed by atoms with Crippen molar-refractivity contribution in [3.05, 3.63) is 35.9 Å². The van der Waals surface area contributed by atoms with Gasteiger partial charge in [-0.2, -0.15) is 0 Å². The maximum absolute atomic E-state index is 10.4. The zero-order valence-corrected chi connectivity index (χ0v) is 17.3. The molecule has 27 heavy (non-hydrogen) atoms. The lowest BCUT2D eigenvalue weighted by atomic mass is 10.2. The molecule has 1 heterocycles. The molecule has 0 radical (unpaired) electrons. The molecule has 0 bridgehead atoms. The first-order valence-electron chi connectivity index (χ1n) is 9.59. The van der Waals surface area contributed by atoms with Crippen LogP contribution in [0.2, 0.25) is 0 Å². The fourth-order valence-electron chi connectivity index (χ4n) is 3.33. The van der Waals surface area contributed by atoms with Crippen LogP contribution in [0.25, 0.3) is 0 Å². The van der Waals surface area contributed by atoms with Crippen LogP contribution in [0.1, 0.15) is 12.5 Å². The zero-order valence-electron chi connectivity index (χ0n) is 17.3. The van der Waals surface area contributed by atoms with E-state index in [0.717, 1.165) is 50.4 Å². The molecule has 1 aromatic carbocycles. The predicted octanol–water partition coefficient (Wildman–Crippen LogP) is 1.69. The second-order valence-corrected chi connectivity index (χ2v) is 7.68. The topological polar surface area (TPSA) is 48.4 Å². The number of piperazine rings is 1. The number of rotatable bonds is 10. The van der Waals surface area contributed by atoms with Crippen molar-refractivity contribution in [2.24, 2.45) is 0 Å². The Balaban J connectivity index is 1.89. The number of benzene rings is 1. The van der Waals surface area contributed by atoms with Crippen molar-refractivity contribution in [3.63, 3.8) is 0 Å². The first-order chi connectivity index (χ1) is 12.9. The van der Waals surface area contributed by atoms with E-state index in [0.29, 0.717) is 18.0 Å². The maximum atomic E-state index is 10.4. The van der Waals surface area contributed by atoms with Crippen molar-refractivity contribution in [2.75, 3.05) is 67.1 Å². The number of methoxy groups -OCH3 is 1. The second kappa shape index (κ2) is 10.7. The monoisotopic (exact) mass is 377 g/mol. The summed E-state index contributed by atoms with van der Waals surface area (Å²) in [6.07, 6.45) is -0.521. The molecule has 1 aliphatic rings. The summed E-state index contributed by atoms with van der Waals surface area (Å²) in [6, 6.07) is 5.96. The summed E-state index contributed by atoms with van der Waals surface area (Å²) in [5.74, 6) is 1.37. The van der Waals surface area contributed by atoms with Gasteiger partial charge in [0.1, 0.15) is 12.7 Å². The molecule has 1 saturated heterocycles. The van der Waals surface area contributed by atoms with Gasteiger partial charge >= 0.3 is 0 Å². The minimum absolute atomic E-state index is 0.258. The van der Waals surface area contributed by atoms with Crippen molar-refractivity contribution < 1.29 is 14.6 Å². The van der Waals surface area contributed by atoms with Gasteiger partial charge < -0.3 is 19.5 Å². The normalized spacial score (nSPS) is 17.1. The highest BCUT2D eigenvalue weighted by atomic mass is 16.5. The molecule has 2 rings (SSSR count). The third-order valence-corrected chi connectivity index (χ3v) is 4.72. The lowest BCUT2D eigenvalue weighted by molar-refractivity contribution is 0.0497. The standard InChI is InChI=1S/C21H35N3O3/c1-17(2)13-23(4)14-18-6-7-20(26-5)21(12-18)27-16-19(25)15-24-10-8-22(3)9-11-24/h6-7,12,19,25H,1,8-11,13-16H2,2-5H3. The number of nitrogens with zero attached hydrogens (tertiary/aromatic N) is 3. The van der Waals surface area contributed by atoms with Gasteiger partial charge in [0.05, 0.1) is 7.11 Å². The van der Waals surface area contributed by atoms with Crippen LogP contribution in [0.4, 0.5) is 0 Å². The highest BCUT2D eigenvalue weighted by Gasteiger charge is 2.18. The Labute approximate surface area is 164 Å². The van der Waals surface area contributed by atoms with Crippen LogP contribution in [0, 0.1) is 0 Å². The van der Waals surface area contributed by atoms with Gasteiger partial charge in [0, 0.05) is 45.8 Å². The number of aliphatic hydroxyl groups excluding tert-OH is 1. The van der Waals surface area contributed by atoms with E-state index in [1.54, 1.807) is 7.11 Å². The fourth-order valence-corrected chi connectivity index (χ4v) is 3.33. The third-order valence-electron chi connectivity index (χ3n) is 4.72. The van der Waals surface area contributed by atoms with Crippen molar-refractivity contribution in [1.82, 2.24) is 14.7 Å².